The molecular formula is C28H35F2N7O4S. The predicted molar refractivity (Wildman–Crippen MR) is 155 cm³/mol. The van der Waals surface area contributed by atoms with Crippen molar-refractivity contribution in [2.75, 3.05) is 29.6 Å². The number of hydrogen-bond acceptors (Lipinski definition) is 8. The van der Waals surface area contributed by atoms with Gasteiger partial charge in [-0.1, -0.05) is 6.07 Å². The first-order valence-electron chi connectivity index (χ1n) is 13.4. The Labute approximate surface area is 243 Å². The van der Waals surface area contributed by atoms with E-state index in [1.54, 1.807) is 68.9 Å². The maximum absolute atomic E-state index is 14.1. The Kier molecular flexibility index (Phi) is 8.67. The maximum atomic E-state index is 14.1. The molecule has 0 spiro atoms. The third-order valence-corrected chi connectivity index (χ3v) is 8.22. The molecule has 4 rings (SSSR count). The van der Waals surface area contributed by atoms with Crippen LogP contribution < -0.4 is 10.2 Å². The number of benzene rings is 1. The molecule has 0 bridgehead atoms. The second kappa shape index (κ2) is 11.7. The van der Waals surface area contributed by atoms with Gasteiger partial charge in [0, 0.05) is 61.6 Å². The fourth-order valence-electron chi connectivity index (χ4n) is 4.57. The van der Waals surface area contributed by atoms with Crippen LogP contribution in [0.15, 0.2) is 45.9 Å². The van der Waals surface area contributed by atoms with Crippen LogP contribution in [-0.4, -0.2) is 67.1 Å². The Morgan fingerprint density at radius 3 is 2.57 bits per heavy atom. The van der Waals surface area contributed by atoms with E-state index in [-0.39, 0.29) is 48.6 Å². The number of halogens is 2. The molecule has 0 aliphatic carbocycles. The number of nitrogens with one attached hydrogen (secondary N) is 1. The summed E-state index contributed by atoms with van der Waals surface area (Å²) in [4.78, 5) is 28.0. The van der Waals surface area contributed by atoms with Gasteiger partial charge in [0.05, 0.1) is 27.2 Å². The Hall–Kier alpha value is -3.94. The Morgan fingerprint density at radius 2 is 1.90 bits per heavy atom. The van der Waals surface area contributed by atoms with Crippen LogP contribution in [0.3, 0.4) is 0 Å². The van der Waals surface area contributed by atoms with Crippen LogP contribution in [0.4, 0.5) is 25.1 Å². The van der Waals surface area contributed by atoms with Crippen LogP contribution in [0.1, 0.15) is 56.0 Å². The van der Waals surface area contributed by atoms with Crippen LogP contribution in [0.5, 0.6) is 0 Å². The van der Waals surface area contributed by atoms with Crippen molar-refractivity contribution in [2.24, 2.45) is 11.4 Å². The van der Waals surface area contributed by atoms with Gasteiger partial charge in [0.2, 0.25) is 5.92 Å². The van der Waals surface area contributed by atoms with E-state index in [0.29, 0.717) is 22.5 Å². The van der Waals surface area contributed by atoms with Crippen molar-refractivity contribution in [1.29, 1.82) is 0 Å². The zero-order chi connectivity index (χ0) is 30.9. The van der Waals surface area contributed by atoms with E-state index in [0.717, 1.165) is 0 Å². The molecule has 0 unspecified atom stereocenters. The summed E-state index contributed by atoms with van der Waals surface area (Å²) in [7, 11) is -1.46. The fraction of sp³-hybridized carbons (Fsp3) is 0.464. The van der Waals surface area contributed by atoms with Gasteiger partial charge in [-0.3, -0.25) is 9.48 Å². The molecule has 2 aromatic heterocycles. The number of anilines is 2. The van der Waals surface area contributed by atoms with Gasteiger partial charge in [-0.25, -0.2) is 17.8 Å². The number of hydrogen-bond donors (Lipinski definition) is 1. The Balaban J connectivity index is 1.71. The predicted octanol–water partition coefficient (Wildman–Crippen LogP) is 5.46. The number of amides is 2. The summed E-state index contributed by atoms with van der Waals surface area (Å²) >= 11 is 0. The molecule has 1 aliphatic heterocycles. The van der Waals surface area contributed by atoms with E-state index in [9.17, 15) is 22.6 Å². The lowest BCUT2D eigenvalue weighted by Crippen LogP contribution is -2.30. The average molecular weight is 604 g/mol. The van der Waals surface area contributed by atoms with Gasteiger partial charge in [-0.05, 0) is 57.9 Å². The summed E-state index contributed by atoms with van der Waals surface area (Å²) in [5.41, 5.74) is 1.23. The monoisotopic (exact) mass is 603 g/mol. The maximum Gasteiger partial charge on any atom is 0.442 e. The molecule has 42 heavy (non-hydrogen) atoms. The molecule has 14 heteroatoms. The molecule has 3 heterocycles. The third-order valence-electron chi connectivity index (χ3n) is 6.59. The minimum Gasteiger partial charge on any atom is -0.442 e. The van der Waals surface area contributed by atoms with Gasteiger partial charge in [0.1, 0.15) is 5.60 Å². The topological polar surface area (TPSA) is 132 Å². The minimum atomic E-state index is -3.21. The molecule has 1 fully saturated rings. The summed E-state index contributed by atoms with van der Waals surface area (Å²) in [5.74, 6) is -3.15. The number of nitrogens with zero attached hydrogens (tertiary/aromatic N) is 6. The van der Waals surface area contributed by atoms with Gasteiger partial charge in [0.25, 0.3) is 5.91 Å². The van der Waals surface area contributed by atoms with Crippen molar-refractivity contribution >= 4 is 33.2 Å². The summed E-state index contributed by atoms with van der Waals surface area (Å²) < 4.78 is 52.2. The van der Waals surface area contributed by atoms with Crippen molar-refractivity contribution in [3.63, 3.8) is 0 Å². The number of rotatable bonds is 5. The minimum absolute atomic E-state index is 0.00713. The standard InChI is InChI=1S/C28H35F2N7O4S/c1-18-22(25(38)32-20-9-7-10-21(15-20)42(6,40)35-26(39)41-27(2,3)4)24(37-13-8-11-28(29,30)12-14-37)34-33-23(18)19-16-31-36(5)17-19/h7,9-10,15-17H,8,11-14H2,1-6H3,(H,32,38)/t42-/m1/s1. The quantitative estimate of drug-likeness (QED) is 0.407. The van der Waals surface area contributed by atoms with Gasteiger partial charge in [-0.2, -0.15) is 5.10 Å². The first-order valence-corrected chi connectivity index (χ1v) is 15.3. The lowest BCUT2D eigenvalue weighted by Gasteiger charge is -2.25. The highest BCUT2D eigenvalue weighted by Gasteiger charge is 2.34. The molecule has 2 amide bonds. The lowest BCUT2D eigenvalue weighted by molar-refractivity contribution is -0.0102. The number of alkyl halides is 2. The van der Waals surface area contributed by atoms with Crippen molar-refractivity contribution < 1.29 is 27.3 Å². The van der Waals surface area contributed by atoms with Gasteiger partial charge < -0.3 is 15.0 Å². The van der Waals surface area contributed by atoms with E-state index < -0.39 is 33.3 Å². The second-order valence-electron chi connectivity index (χ2n) is 11.3. The normalized spacial score (nSPS) is 16.7. The van der Waals surface area contributed by atoms with E-state index in [2.05, 4.69) is 25.0 Å². The largest absolute Gasteiger partial charge is 0.442 e. The number of carbonyl (C=O) groups excluding carboxylic acids is 2. The average Bonchev–Trinajstić information content (AvgIpc) is 3.21. The molecule has 11 nitrogen and oxygen atoms in total. The smallest absolute Gasteiger partial charge is 0.442 e. The van der Waals surface area contributed by atoms with E-state index >= 15 is 0 Å². The van der Waals surface area contributed by atoms with Crippen LogP contribution >= 0.6 is 0 Å². The number of ether oxygens (including phenoxy) is 1. The first kappa shape index (κ1) is 31.0. The molecule has 1 aromatic carbocycles. The van der Waals surface area contributed by atoms with Crippen molar-refractivity contribution in [3.05, 3.63) is 47.8 Å². The molecule has 226 valence electrons. The third kappa shape index (κ3) is 7.46. The number of carbonyl (C=O) groups is 2. The highest BCUT2D eigenvalue weighted by Crippen LogP contribution is 2.33. The van der Waals surface area contributed by atoms with Crippen LogP contribution in [0.25, 0.3) is 11.3 Å². The van der Waals surface area contributed by atoms with E-state index in [4.69, 9.17) is 4.74 Å². The Bertz CT molecular complexity index is 1620. The zero-order valence-electron chi connectivity index (χ0n) is 24.5. The van der Waals surface area contributed by atoms with Crippen molar-refractivity contribution in [1.82, 2.24) is 20.0 Å². The number of aromatic nitrogens is 4. The molecule has 1 saturated heterocycles. The molecule has 1 aliphatic rings. The highest BCUT2D eigenvalue weighted by atomic mass is 32.2. The molecule has 0 radical (unpaired) electrons. The van der Waals surface area contributed by atoms with Crippen molar-refractivity contribution in [2.45, 2.75) is 63.4 Å². The SMILES string of the molecule is Cc1c(-c2cnn(C)c2)nnc(N2CCCC(F)(F)CC2)c1C(=O)Nc1cccc([S@@](C)(=O)=NC(=O)OC(C)(C)C)c1. The van der Waals surface area contributed by atoms with Crippen LogP contribution in [0, 0.1) is 6.92 Å². The summed E-state index contributed by atoms with van der Waals surface area (Å²) in [5, 5.41) is 15.7. The molecule has 0 saturated carbocycles. The molecule has 1 N–H and O–H groups in total. The van der Waals surface area contributed by atoms with Crippen molar-refractivity contribution in [3.8, 4) is 11.3 Å². The van der Waals surface area contributed by atoms with E-state index in [1.165, 1.54) is 18.4 Å². The fourth-order valence-corrected chi connectivity index (χ4v) is 5.68. The summed E-state index contributed by atoms with van der Waals surface area (Å²) in [6.07, 6.45) is 3.30. The van der Waals surface area contributed by atoms with Gasteiger partial charge in [0.15, 0.2) is 5.82 Å². The highest BCUT2D eigenvalue weighted by molar-refractivity contribution is 7.93. The van der Waals surface area contributed by atoms with Gasteiger partial charge in [-0.15, -0.1) is 14.6 Å². The second-order valence-corrected chi connectivity index (χ2v) is 13.6. The van der Waals surface area contributed by atoms with Crippen LogP contribution in [-0.2, 0) is 21.5 Å². The lowest BCUT2D eigenvalue weighted by atomic mass is 10.0. The molecular weight excluding hydrogens is 568 g/mol. The number of aryl methyl sites for hydroxylation is 1. The summed E-state index contributed by atoms with van der Waals surface area (Å²) in [6.45, 7) is 7.04. The Morgan fingerprint density at radius 1 is 1.17 bits per heavy atom. The summed E-state index contributed by atoms with van der Waals surface area (Å²) in [6, 6.07) is 6.18. The zero-order valence-corrected chi connectivity index (χ0v) is 25.3. The molecule has 3 aromatic rings. The first-order chi connectivity index (χ1) is 19.5. The van der Waals surface area contributed by atoms with Gasteiger partial charge >= 0.3 is 6.09 Å². The van der Waals surface area contributed by atoms with E-state index in [1.807, 2.05) is 0 Å². The van der Waals surface area contributed by atoms with Crippen LogP contribution in [0.2, 0.25) is 0 Å². The molecule has 1 atom stereocenters.